The second-order valence-corrected chi connectivity index (χ2v) is 3.75. The molecule has 0 bridgehead atoms. The Morgan fingerprint density at radius 3 is 2.81 bits per heavy atom. The van der Waals surface area contributed by atoms with Crippen molar-refractivity contribution in [3.63, 3.8) is 0 Å². The highest BCUT2D eigenvalue weighted by Gasteiger charge is 2.03. The third-order valence-electron chi connectivity index (χ3n) is 1.87. The summed E-state index contributed by atoms with van der Waals surface area (Å²) in [6.45, 7) is 0. The highest BCUT2D eigenvalue weighted by molar-refractivity contribution is 9.10. The molecule has 2 heterocycles. The molecule has 0 spiro atoms. The molecule has 2 aromatic rings. The van der Waals surface area contributed by atoms with E-state index in [0.29, 0.717) is 16.0 Å². The van der Waals surface area contributed by atoms with Crippen LogP contribution in [0.3, 0.4) is 0 Å². The first kappa shape index (κ1) is 10.6. The minimum absolute atomic E-state index is 0.505. The molecule has 0 aliphatic heterocycles. The molecule has 16 heavy (non-hydrogen) atoms. The molecule has 0 radical (unpaired) electrons. The van der Waals surface area contributed by atoms with Crippen molar-refractivity contribution in [3.8, 4) is 11.4 Å². The van der Waals surface area contributed by atoms with Crippen LogP contribution in [0.1, 0.15) is 0 Å². The fraction of sp³-hybridized carbons (Fsp3) is 0. The lowest BCUT2D eigenvalue weighted by Crippen LogP contribution is -1.86. The summed E-state index contributed by atoms with van der Waals surface area (Å²) in [5.41, 5.74) is 10.3. The first-order chi connectivity index (χ1) is 7.79. The molecule has 5 nitrogen and oxygen atoms in total. The number of pyridine rings is 2. The lowest BCUT2D eigenvalue weighted by molar-refractivity contribution is 1.21. The van der Waals surface area contributed by atoms with E-state index in [4.69, 9.17) is 5.53 Å². The summed E-state index contributed by atoms with van der Waals surface area (Å²) in [5.74, 6) is 0. The number of nitrogens with zero attached hydrogens (tertiary/aromatic N) is 5. The van der Waals surface area contributed by atoms with Crippen LogP contribution in [-0.2, 0) is 0 Å². The van der Waals surface area contributed by atoms with Crippen molar-refractivity contribution in [3.05, 3.63) is 51.6 Å². The van der Waals surface area contributed by atoms with Gasteiger partial charge in [-0.25, -0.2) is 4.98 Å². The van der Waals surface area contributed by atoms with Crippen LogP contribution in [0.15, 0.2) is 46.2 Å². The van der Waals surface area contributed by atoms with Crippen LogP contribution >= 0.6 is 15.9 Å². The van der Waals surface area contributed by atoms with Crippen LogP contribution in [0.4, 0.5) is 5.69 Å². The van der Waals surface area contributed by atoms with Crippen LogP contribution in [0.25, 0.3) is 21.8 Å². The summed E-state index contributed by atoms with van der Waals surface area (Å²) < 4.78 is 0.609. The van der Waals surface area contributed by atoms with Crippen molar-refractivity contribution in [1.29, 1.82) is 0 Å². The SMILES string of the molecule is [N-]=[N+]=Nc1cc(Br)nc(-c2ccccn2)c1. The molecule has 0 aromatic carbocycles. The summed E-state index contributed by atoms with van der Waals surface area (Å²) in [4.78, 5) is 11.2. The van der Waals surface area contributed by atoms with Crippen LogP contribution in [0, 0.1) is 0 Å². The summed E-state index contributed by atoms with van der Waals surface area (Å²) in [6, 6.07) is 8.88. The zero-order valence-electron chi connectivity index (χ0n) is 8.08. The first-order valence-electron chi connectivity index (χ1n) is 4.43. The zero-order chi connectivity index (χ0) is 11.4. The van der Waals surface area contributed by atoms with Crippen molar-refractivity contribution >= 4 is 21.6 Å². The van der Waals surface area contributed by atoms with Gasteiger partial charge in [0.15, 0.2) is 0 Å². The number of halogens is 1. The standard InChI is InChI=1S/C10H6BrN5/c11-10-6-7(15-16-12)5-9(14-10)8-3-1-2-4-13-8/h1-6H. The minimum Gasteiger partial charge on any atom is -0.255 e. The van der Waals surface area contributed by atoms with Gasteiger partial charge in [-0.15, -0.1) is 0 Å². The zero-order valence-corrected chi connectivity index (χ0v) is 9.66. The molecule has 0 saturated carbocycles. The molecule has 0 aliphatic carbocycles. The Hall–Kier alpha value is -1.91. The van der Waals surface area contributed by atoms with Crippen LogP contribution in [-0.4, -0.2) is 9.97 Å². The lowest BCUT2D eigenvalue weighted by atomic mass is 10.2. The Bertz CT molecular complexity index is 548. The average Bonchev–Trinajstić information content (AvgIpc) is 2.30. The predicted molar refractivity (Wildman–Crippen MR) is 64.0 cm³/mol. The Kier molecular flexibility index (Phi) is 3.14. The Labute approximate surface area is 99.9 Å². The molecule has 0 unspecified atom stereocenters. The van der Waals surface area contributed by atoms with Gasteiger partial charge in [0.05, 0.1) is 11.4 Å². The van der Waals surface area contributed by atoms with E-state index in [1.165, 1.54) is 0 Å². The molecule has 6 heteroatoms. The van der Waals surface area contributed by atoms with Crippen molar-refractivity contribution in [2.24, 2.45) is 5.11 Å². The van der Waals surface area contributed by atoms with E-state index in [-0.39, 0.29) is 0 Å². The molecule has 2 rings (SSSR count). The molecule has 0 amide bonds. The third-order valence-corrected chi connectivity index (χ3v) is 2.27. The quantitative estimate of drug-likeness (QED) is 0.361. The van der Waals surface area contributed by atoms with Gasteiger partial charge >= 0.3 is 0 Å². The Balaban J connectivity index is 2.53. The van der Waals surface area contributed by atoms with Gasteiger partial charge in [-0.05, 0) is 45.7 Å². The van der Waals surface area contributed by atoms with E-state index in [2.05, 4.69) is 35.9 Å². The number of hydrogen-bond donors (Lipinski definition) is 0. The van der Waals surface area contributed by atoms with Crippen LogP contribution < -0.4 is 0 Å². The topological polar surface area (TPSA) is 74.5 Å². The van der Waals surface area contributed by atoms with E-state index >= 15 is 0 Å². The Morgan fingerprint density at radius 1 is 1.25 bits per heavy atom. The van der Waals surface area contributed by atoms with Gasteiger partial charge in [0, 0.05) is 16.8 Å². The van der Waals surface area contributed by atoms with E-state index < -0.39 is 0 Å². The van der Waals surface area contributed by atoms with Crippen molar-refractivity contribution in [1.82, 2.24) is 9.97 Å². The lowest BCUT2D eigenvalue weighted by Gasteiger charge is -2.01. The molecular weight excluding hydrogens is 270 g/mol. The fourth-order valence-electron chi connectivity index (χ4n) is 1.24. The van der Waals surface area contributed by atoms with E-state index in [1.807, 2.05) is 18.2 Å². The summed E-state index contributed by atoms with van der Waals surface area (Å²) in [7, 11) is 0. The summed E-state index contributed by atoms with van der Waals surface area (Å²) in [5, 5.41) is 3.54. The van der Waals surface area contributed by atoms with Crippen LogP contribution in [0.2, 0.25) is 0 Å². The molecule has 0 atom stereocenters. The molecular formula is C10H6BrN5. The number of hydrogen-bond acceptors (Lipinski definition) is 3. The second kappa shape index (κ2) is 4.74. The van der Waals surface area contributed by atoms with Gasteiger partial charge < -0.3 is 0 Å². The molecule has 0 N–H and O–H groups in total. The van der Waals surface area contributed by atoms with Gasteiger partial charge in [0.2, 0.25) is 0 Å². The monoisotopic (exact) mass is 275 g/mol. The second-order valence-electron chi connectivity index (χ2n) is 2.94. The Morgan fingerprint density at radius 2 is 2.12 bits per heavy atom. The molecule has 2 aromatic heterocycles. The smallest absolute Gasteiger partial charge is 0.107 e. The van der Waals surface area contributed by atoms with Gasteiger partial charge in [0.1, 0.15) is 4.60 Å². The molecule has 0 saturated heterocycles. The number of aromatic nitrogens is 2. The van der Waals surface area contributed by atoms with Gasteiger partial charge in [-0.1, -0.05) is 11.2 Å². The maximum Gasteiger partial charge on any atom is 0.107 e. The van der Waals surface area contributed by atoms with E-state index in [0.717, 1.165) is 5.69 Å². The maximum absolute atomic E-state index is 8.38. The first-order valence-corrected chi connectivity index (χ1v) is 5.23. The number of rotatable bonds is 2. The predicted octanol–water partition coefficient (Wildman–Crippen LogP) is 3.85. The highest BCUT2D eigenvalue weighted by Crippen LogP contribution is 2.24. The van der Waals surface area contributed by atoms with Crippen molar-refractivity contribution in [2.75, 3.05) is 0 Å². The van der Waals surface area contributed by atoms with Gasteiger partial charge in [-0.2, -0.15) is 0 Å². The van der Waals surface area contributed by atoms with Gasteiger partial charge in [-0.3, -0.25) is 4.98 Å². The molecule has 0 aliphatic rings. The van der Waals surface area contributed by atoms with Crippen molar-refractivity contribution in [2.45, 2.75) is 0 Å². The summed E-state index contributed by atoms with van der Waals surface area (Å²) in [6.07, 6.45) is 1.69. The molecule has 78 valence electrons. The number of azide groups is 1. The third kappa shape index (κ3) is 2.36. The normalized spacial score (nSPS) is 9.56. The minimum atomic E-state index is 0.505. The fourth-order valence-corrected chi connectivity index (χ4v) is 1.66. The summed E-state index contributed by atoms with van der Waals surface area (Å²) >= 11 is 3.26. The van der Waals surface area contributed by atoms with E-state index in [1.54, 1.807) is 18.3 Å². The average molecular weight is 276 g/mol. The highest BCUT2D eigenvalue weighted by atomic mass is 79.9. The van der Waals surface area contributed by atoms with Gasteiger partial charge in [0.25, 0.3) is 0 Å². The van der Waals surface area contributed by atoms with E-state index in [9.17, 15) is 0 Å². The maximum atomic E-state index is 8.38. The molecule has 0 fully saturated rings. The van der Waals surface area contributed by atoms with Crippen LogP contribution in [0.5, 0.6) is 0 Å². The largest absolute Gasteiger partial charge is 0.255 e. The van der Waals surface area contributed by atoms with Crippen molar-refractivity contribution < 1.29 is 0 Å².